The van der Waals surface area contributed by atoms with Crippen molar-refractivity contribution in [1.82, 2.24) is 10.6 Å². The first-order valence-corrected chi connectivity index (χ1v) is 11.8. The fraction of sp³-hybridized carbons (Fsp3) is 0.650. The van der Waals surface area contributed by atoms with Gasteiger partial charge in [0.05, 0.1) is 18.5 Å². The summed E-state index contributed by atoms with van der Waals surface area (Å²) < 4.78 is 33.9. The molecular formula is C20H34IN3O4S. The van der Waals surface area contributed by atoms with Crippen molar-refractivity contribution in [3.63, 3.8) is 0 Å². The number of nitrogens with one attached hydrogen (secondary N) is 2. The number of hydrogen-bond acceptors (Lipinski definition) is 5. The molecule has 0 spiro atoms. The number of sulfone groups is 1. The highest BCUT2D eigenvalue weighted by molar-refractivity contribution is 14.0. The molecule has 1 unspecified atom stereocenters. The van der Waals surface area contributed by atoms with Crippen LogP contribution in [0.2, 0.25) is 0 Å². The third kappa shape index (κ3) is 11.2. The molecule has 0 bridgehead atoms. The Kier molecular flexibility index (Phi) is 12.1. The van der Waals surface area contributed by atoms with E-state index < -0.39 is 9.84 Å². The van der Waals surface area contributed by atoms with E-state index in [1.165, 1.54) is 6.26 Å². The fourth-order valence-electron chi connectivity index (χ4n) is 2.96. The van der Waals surface area contributed by atoms with Crippen LogP contribution in [0.3, 0.4) is 0 Å². The number of guanidine groups is 1. The predicted molar refractivity (Wildman–Crippen MR) is 128 cm³/mol. The van der Waals surface area contributed by atoms with Gasteiger partial charge in [-0.05, 0) is 37.3 Å². The Balaban J connectivity index is 0.00000420. The van der Waals surface area contributed by atoms with E-state index in [2.05, 4.69) is 33.8 Å². The van der Waals surface area contributed by atoms with Crippen molar-refractivity contribution in [2.75, 3.05) is 32.3 Å². The molecule has 1 heterocycles. The van der Waals surface area contributed by atoms with Crippen LogP contribution in [0.15, 0.2) is 29.3 Å². The molecule has 166 valence electrons. The van der Waals surface area contributed by atoms with Gasteiger partial charge in [-0.25, -0.2) is 8.42 Å². The summed E-state index contributed by atoms with van der Waals surface area (Å²) in [6.07, 6.45) is 4.00. The molecule has 0 aromatic heterocycles. The zero-order chi connectivity index (χ0) is 20.4. The van der Waals surface area contributed by atoms with Crippen LogP contribution in [0.25, 0.3) is 0 Å². The lowest BCUT2D eigenvalue weighted by Crippen LogP contribution is -2.42. The molecular weight excluding hydrogens is 505 g/mol. The molecule has 0 saturated carbocycles. The summed E-state index contributed by atoms with van der Waals surface area (Å²) in [5.41, 5.74) is 2.29. The Morgan fingerprint density at radius 3 is 2.66 bits per heavy atom. The largest absolute Gasteiger partial charge is 0.381 e. The SMILES string of the molecule is CN=C(NCc1cccc(COC2CCOCC2)c1)NC(C)CCS(C)(=O)=O.I. The highest BCUT2D eigenvalue weighted by Crippen LogP contribution is 2.14. The van der Waals surface area contributed by atoms with E-state index in [0.717, 1.165) is 37.2 Å². The van der Waals surface area contributed by atoms with Gasteiger partial charge in [-0.2, -0.15) is 0 Å². The highest BCUT2D eigenvalue weighted by atomic mass is 127. The summed E-state index contributed by atoms with van der Waals surface area (Å²) in [4.78, 5) is 4.22. The van der Waals surface area contributed by atoms with Crippen LogP contribution in [-0.4, -0.2) is 58.8 Å². The second-order valence-electron chi connectivity index (χ2n) is 7.33. The normalized spacial score (nSPS) is 16.7. The zero-order valence-electron chi connectivity index (χ0n) is 17.5. The van der Waals surface area contributed by atoms with Gasteiger partial charge in [0.1, 0.15) is 9.84 Å². The van der Waals surface area contributed by atoms with Crippen LogP contribution in [-0.2, 0) is 32.5 Å². The maximum atomic E-state index is 11.3. The van der Waals surface area contributed by atoms with Crippen LogP contribution in [0.1, 0.15) is 37.3 Å². The van der Waals surface area contributed by atoms with Crippen molar-refractivity contribution in [2.45, 2.75) is 51.5 Å². The van der Waals surface area contributed by atoms with Gasteiger partial charge in [-0.3, -0.25) is 4.99 Å². The van der Waals surface area contributed by atoms with Crippen LogP contribution in [0, 0.1) is 0 Å². The van der Waals surface area contributed by atoms with Crippen molar-refractivity contribution in [3.05, 3.63) is 35.4 Å². The number of ether oxygens (including phenoxy) is 2. The van der Waals surface area contributed by atoms with Crippen molar-refractivity contribution < 1.29 is 17.9 Å². The van der Waals surface area contributed by atoms with E-state index >= 15 is 0 Å². The van der Waals surface area contributed by atoms with Gasteiger partial charge >= 0.3 is 0 Å². The van der Waals surface area contributed by atoms with E-state index in [1.807, 2.05) is 13.0 Å². The topological polar surface area (TPSA) is 89.0 Å². The van der Waals surface area contributed by atoms with Crippen LogP contribution < -0.4 is 10.6 Å². The minimum absolute atomic E-state index is 0. The van der Waals surface area contributed by atoms with Crippen molar-refractivity contribution in [2.24, 2.45) is 4.99 Å². The van der Waals surface area contributed by atoms with E-state index in [1.54, 1.807) is 7.05 Å². The zero-order valence-corrected chi connectivity index (χ0v) is 20.7. The molecule has 1 atom stereocenters. The Labute approximate surface area is 192 Å². The molecule has 1 aromatic rings. The first-order valence-electron chi connectivity index (χ1n) is 9.78. The summed E-state index contributed by atoms with van der Waals surface area (Å²) in [6, 6.07) is 8.31. The molecule has 0 radical (unpaired) electrons. The molecule has 29 heavy (non-hydrogen) atoms. The van der Waals surface area contributed by atoms with Gasteiger partial charge < -0.3 is 20.1 Å². The van der Waals surface area contributed by atoms with E-state index in [4.69, 9.17) is 9.47 Å². The molecule has 0 aliphatic carbocycles. The Morgan fingerprint density at radius 1 is 1.31 bits per heavy atom. The smallest absolute Gasteiger partial charge is 0.191 e. The lowest BCUT2D eigenvalue weighted by molar-refractivity contribution is -0.0390. The molecule has 1 aliphatic rings. The first kappa shape index (κ1) is 26.1. The lowest BCUT2D eigenvalue weighted by Gasteiger charge is -2.22. The summed E-state index contributed by atoms with van der Waals surface area (Å²) >= 11 is 0. The van der Waals surface area contributed by atoms with Crippen LogP contribution in [0.5, 0.6) is 0 Å². The second-order valence-corrected chi connectivity index (χ2v) is 9.59. The van der Waals surface area contributed by atoms with Crippen molar-refractivity contribution in [1.29, 1.82) is 0 Å². The van der Waals surface area contributed by atoms with Crippen LogP contribution in [0.4, 0.5) is 0 Å². The third-order valence-corrected chi connectivity index (χ3v) is 5.61. The quantitative estimate of drug-likeness (QED) is 0.285. The molecule has 9 heteroatoms. The molecule has 1 aromatic carbocycles. The average molecular weight is 539 g/mol. The van der Waals surface area contributed by atoms with Crippen molar-refractivity contribution >= 4 is 39.8 Å². The molecule has 1 saturated heterocycles. The molecule has 1 aliphatic heterocycles. The molecule has 2 N–H and O–H groups in total. The summed E-state index contributed by atoms with van der Waals surface area (Å²) in [7, 11) is -1.25. The number of halogens is 1. The Bertz CT molecular complexity index is 737. The molecule has 1 fully saturated rings. The maximum absolute atomic E-state index is 11.3. The van der Waals surface area contributed by atoms with Crippen LogP contribution >= 0.6 is 24.0 Å². The van der Waals surface area contributed by atoms with E-state index in [9.17, 15) is 8.42 Å². The van der Waals surface area contributed by atoms with Gasteiger partial charge in [0.2, 0.25) is 0 Å². The van der Waals surface area contributed by atoms with Crippen molar-refractivity contribution in [3.8, 4) is 0 Å². The average Bonchev–Trinajstić information content (AvgIpc) is 2.68. The number of nitrogens with zero attached hydrogens (tertiary/aromatic N) is 1. The minimum Gasteiger partial charge on any atom is -0.381 e. The lowest BCUT2D eigenvalue weighted by atomic mass is 10.1. The maximum Gasteiger partial charge on any atom is 0.191 e. The van der Waals surface area contributed by atoms with Gasteiger partial charge in [0, 0.05) is 39.1 Å². The van der Waals surface area contributed by atoms with Gasteiger partial charge in [0.25, 0.3) is 0 Å². The summed E-state index contributed by atoms with van der Waals surface area (Å²) in [5.74, 6) is 0.817. The first-order chi connectivity index (χ1) is 13.4. The summed E-state index contributed by atoms with van der Waals surface area (Å²) in [5, 5.41) is 6.51. The fourth-order valence-corrected chi connectivity index (χ4v) is 3.74. The number of aliphatic imine (C=N–C) groups is 1. The number of hydrogen-bond donors (Lipinski definition) is 2. The highest BCUT2D eigenvalue weighted by Gasteiger charge is 2.14. The number of rotatable bonds is 9. The predicted octanol–water partition coefficient (Wildman–Crippen LogP) is 2.49. The monoisotopic (exact) mass is 539 g/mol. The molecule has 2 rings (SSSR count). The minimum atomic E-state index is -2.95. The molecule has 0 amide bonds. The summed E-state index contributed by atoms with van der Waals surface area (Å²) in [6.45, 7) is 4.75. The second kappa shape index (κ2) is 13.4. The van der Waals surface area contributed by atoms with Gasteiger partial charge in [-0.15, -0.1) is 24.0 Å². The third-order valence-electron chi connectivity index (χ3n) is 4.63. The number of benzene rings is 1. The molecule has 7 nitrogen and oxygen atoms in total. The van der Waals surface area contributed by atoms with Gasteiger partial charge in [-0.1, -0.05) is 24.3 Å². The standard InChI is InChI=1S/C20H33N3O4S.HI/c1-16(9-12-28(3,24)25)23-20(21-2)22-14-17-5-4-6-18(13-17)15-27-19-7-10-26-11-8-19;/h4-6,13,16,19H,7-12,14-15H2,1-3H3,(H2,21,22,23);1H. The van der Waals surface area contributed by atoms with E-state index in [-0.39, 0.29) is 41.9 Å². The Morgan fingerprint density at radius 2 is 2.00 bits per heavy atom. The van der Waals surface area contributed by atoms with E-state index in [0.29, 0.717) is 25.5 Å². The van der Waals surface area contributed by atoms with Gasteiger partial charge in [0.15, 0.2) is 5.96 Å². The Hall–Kier alpha value is -0.910.